The molecule has 2 aliphatic rings. The first-order valence-corrected chi connectivity index (χ1v) is 8.08. The first-order valence-electron chi connectivity index (χ1n) is 8.08. The second-order valence-electron chi connectivity index (χ2n) is 6.55. The van der Waals surface area contributed by atoms with Gasteiger partial charge in [-0.05, 0) is 38.3 Å². The van der Waals surface area contributed by atoms with Crippen molar-refractivity contribution >= 4 is 5.91 Å². The molecule has 2 aromatic heterocycles. The van der Waals surface area contributed by atoms with E-state index in [1.165, 1.54) is 6.42 Å². The molecule has 120 valence electrons. The SMILES string of the molecule is CC1CN(C(=O)c2cn[nH]c2-c2cccnc2)CC2(CCC2)O1. The number of carbonyl (C=O) groups excluding carboxylic acids is 1. The summed E-state index contributed by atoms with van der Waals surface area (Å²) in [4.78, 5) is 19.1. The van der Waals surface area contributed by atoms with E-state index in [4.69, 9.17) is 4.74 Å². The molecule has 0 bridgehead atoms. The Balaban J connectivity index is 1.61. The maximum absolute atomic E-state index is 13.0. The normalized spacial score (nSPS) is 22.8. The molecular formula is C17H20N4O2. The van der Waals surface area contributed by atoms with Gasteiger partial charge in [0.15, 0.2) is 0 Å². The van der Waals surface area contributed by atoms with E-state index in [0.29, 0.717) is 18.7 Å². The van der Waals surface area contributed by atoms with Gasteiger partial charge in [-0.1, -0.05) is 0 Å². The van der Waals surface area contributed by atoms with Crippen molar-refractivity contribution in [2.75, 3.05) is 13.1 Å². The first kappa shape index (κ1) is 14.4. The van der Waals surface area contributed by atoms with Gasteiger partial charge in [0.1, 0.15) is 0 Å². The number of morpholine rings is 1. The average molecular weight is 312 g/mol. The highest BCUT2D eigenvalue weighted by Gasteiger charge is 2.45. The van der Waals surface area contributed by atoms with Gasteiger partial charge in [0, 0.05) is 24.5 Å². The van der Waals surface area contributed by atoms with Crippen molar-refractivity contribution in [3.05, 3.63) is 36.3 Å². The number of rotatable bonds is 2. The van der Waals surface area contributed by atoms with Crippen molar-refractivity contribution in [2.24, 2.45) is 0 Å². The molecule has 1 saturated heterocycles. The topological polar surface area (TPSA) is 71.1 Å². The minimum Gasteiger partial charge on any atom is -0.368 e. The molecule has 6 heteroatoms. The number of ether oxygens (including phenoxy) is 1. The molecule has 1 N–H and O–H groups in total. The summed E-state index contributed by atoms with van der Waals surface area (Å²) in [5, 5.41) is 7.01. The number of H-pyrrole nitrogens is 1. The van der Waals surface area contributed by atoms with Gasteiger partial charge in [0.2, 0.25) is 0 Å². The lowest BCUT2D eigenvalue weighted by Gasteiger charge is -2.50. The van der Waals surface area contributed by atoms with E-state index >= 15 is 0 Å². The summed E-state index contributed by atoms with van der Waals surface area (Å²) in [6.07, 6.45) is 8.40. The number of nitrogens with zero attached hydrogens (tertiary/aromatic N) is 3. The van der Waals surface area contributed by atoms with Crippen LogP contribution in [0.25, 0.3) is 11.3 Å². The van der Waals surface area contributed by atoms with Crippen LogP contribution < -0.4 is 0 Å². The third-order valence-electron chi connectivity index (χ3n) is 4.78. The molecule has 0 radical (unpaired) electrons. The van der Waals surface area contributed by atoms with Crippen LogP contribution in [-0.2, 0) is 4.74 Å². The number of aromatic nitrogens is 3. The number of aromatic amines is 1. The molecule has 4 rings (SSSR count). The van der Waals surface area contributed by atoms with Gasteiger partial charge in [-0.15, -0.1) is 0 Å². The van der Waals surface area contributed by atoms with Gasteiger partial charge >= 0.3 is 0 Å². The predicted octanol–water partition coefficient (Wildman–Crippen LogP) is 2.26. The van der Waals surface area contributed by atoms with Crippen molar-refractivity contribution in [3.8, 4) is 11.3 Å². The zero-order valence-electron chi connectivity index (χ0n) is 13.2. The summed E-state index contributed by atoms with van der Waals surface area (Å²) in [6.45, 7) is 3.34. The molecule has 0 aromatic carbocycles. The van der Waals surface area contributed by atoms with Crippen LogP contribution in [-0.4, -0.2) is 50.8 Å². The van der Waals surface area contributed by atoms with E-state index in [1.54, 1.807) is 18.6 Å². The Morgan fingerprint density at radius 1 is 1.43 bits per heavy atom. The molecule has 1 aliphatic heterocycles. The summed E-state index contributed by atoms with van der Waals surface area (Å²) < 4.78 is 6.10. The van der Waals surface area contributed by atoms with Crippen LogP contribution in [0.3, 0.4) is 0 Å². The van der Waals surface area contributed by atoms with Crippen molar-refractivity contribution in [3.63, 3.8) is 0 Å². The van der Waals surface area contributed by atoms with Crippen molar-refractivity contribution in [1.29, 1.82) is 0 Å². The fraction of sp³-hybridized carbons (Fsp3) is 0.471. The highest BCUT2D eigenvalue weighted by atomic mass is 16.5. The zero-order chi connectivity index (χ0) is 15.9. The highest BCUT2D eigenvalue weighted by Crippen LogP contribution is 2.40. The summed E-state index contributed by atoms with van der Waals surface area (Å²) in [5.41, 5.74) is 2.07. The number of nitrogens with one attached hydrogen (secondary N) is 1. The number of amides is 1. The Morgan fingerprint density at radius 3 is 3.00 bits per heavy atom. The third-order valence-corrected chi connectivity index (χ3v) is 4.78. The Labute approximate surface area is 134 Å². The second kappa shape index (κ2) is 5.45. The minimum atomic E-state index is -0.120. The maximum atomic E-state index is 13.0. The average Bonchev–Trinajstić information content (AvgIpc) is 3.02. The van der Waals surface area contributed by atoms with Gasteiger partial charge in [-0.3, -0.25) is 14.9 Å². The first-order chi connectivity index (χ1) is 11.2. The quantitative estimate of drug-likeness (QED) is 0.923. The van der Waals surface area contributed by atoms with Crippen molar-refractivity contribution in [1.82, 2.24) is 20.1 Å². The monoisotopic (exact) mass is 312 g/mol. The molecule has 6 nitrogen and oxygen atoms in total. The molecule has 2 aromatic rings. The van der Waals surface area contributed by atoms with E-state index in [9.17, 15) is 4.79 Å². The van der Waals surface area contributed by atoms with Gasteiger partial charge in [-0.2, -0.15) is 5.10 Å². The van der Waals surface area contributed by atoms with Gasteiger partial charge in [-0.25, -0.2) is 0 Å². The van der Waals surface area contributed by atoms with Crippen LogP contribution >= 0.6 is 0 Å². The summed E-state index contributed by atoms with van der Waals surface area (Å²) in [5.74, 6) is 0.0130. The lowest BCUT2D eigenvalue weighted by Crippen LogP contribution is -2.59. The number of hydrogen-bond acceptors (Lipinski definition) is 4. The van der Waals surface area contributed by atoms with E-state index in [1.807, 2.05) is 24.0 Å². The molecule has 1 amide bonds. The van der Waals surface area contributed by atoms with Gasteiger partial charge < -0.3 is 9.64 Å². The molecule has 1 unspecified atom stereocenters. The summed E-state index contributed by atoms with van der Waals surface area (Å²) >= 11 is 0. The number of hydrogen-bond donors (Lipinski definition) is 1. The Kier molecular flexibility index (Phi) is 3.41. The second-order valence-corrected chi connectivity index (χ2v) is 6.55. The van der Waals surface area contributed by atoms with Gasteiger partial charge in [0.05, 0.1) is 35.7 Å². The smallest absolute Gasteiger partial charge is 0.257 e. The molecule has 1 spiro atoms. The van der Waals surface area contributed by atoms with Gasteiger partial charge in [0.25, 0.3) is 5.91 Å². The molecule has 1 atom stereocenters. The zero-order valence-corrected chi connectivity index (χ0v) is 13.2. The third kappa shape index (κ3) is 2.53. The molecule has 3 heterocycles. The number of carbonyl (C=O) groups is 1. The van der Waals surface area contributed by atoms with Crippen LogP contribution in [0.1, 0.15) is 36.5 Å². The largest absolute Gasteiger partial charge is 0.368 e. The fourth-order valence-electron chi connectivity index (χ4n) is 3.58. The Morgan fingerprint density at radius 2 is 2.30 bits per heavy atom. The molecule has 1 saturated carbocycles. The van der Waals surface area contributed by atoms with Crippen LogP contribution in [0, 0.1) is 0 Å². The summed E-state index contributed by atoms with van der Waals surface area (Å²) in [6, 6.07) is 3.78. The van der Waals surface area contributed by atoms with Crippen molar-refractivity contribution in [2.45, 2.75) is 37.9 Å². The van der Waals surface area contributed by atoms with E-state index < -0.39 is 0 Å². The molecule has 2 fully saturated rings. The van der Waals surface area contributed by atoms with Crippen LogP contribution in [0.15, 0.2) is 30.7 Å². The lowest BCUT2D eigenvalue weighted by molar-refractivity contribution is -0.176. The maximum Gasteiger partial charge on any atom is 0.257 e. The predicted molar refractivity (Wildman–Crippen MR) is 84.9 cm³/mol. The standard InChI is InChI=1S/C17H20N4O2/c1-12-10-21(11-17(23-12)5-3-6-17)16(22)14-9-19-20-15(14)13-4-2-7-18-8-13/h2,4,7-9,12H,3,5-6,10-11H2,1H3,(H,19,20). The molecule has 1 aliphatic carbocycles. The van der Waals surface area contributed by atoms with Crippen LogP contribution in [0.4, 0.5) is 0 Å². The fourth-order valence-corrected chi connectivity index (χ4v) is 3.58. The Bertz CT molecular complexity index is 708. The lowest BCUT2D eigenvalue weighted by atomic mass is 9.78. The summed E-state index contributed by atoms with van der Waals surface area (Å²) in [7, 11) is 0. The number of pyridine rings is 1. The molecule has 23 heavy (non-hydrogen) atoms. The van der Waals surface area contributed by atoms with E-state index in [0.717, 1.165) is 24.1 Å². The highest BCUT2D eigenvalue weighted by molar-refractivity contribution is 5.99. The van der Waals surface area contributed by atoms with Crippen molar-refractivity contribution < 1.29 is 9.53 Å². The minimum absolute atomic E-state index is 0.0130. The van der Waals surface area contributed by atoms with E-state index in [2.05, 4.69) is 15.2 Å². The Hall–Kier alpha value is -2.21. The van der Waals surface area contributed by atoms with Crippen LogP contribution in [0.2, 0.25) is 0 Å². The molecular weight excluding hydrogens is 292 g/mol. The van der Waals surface area contributed by atoms with Crippen LogP contribution in [0.5, 0.6) is 0 Å². The van der Waals surface area contributed by atoms with E-state index in [-0.39, 0.29) is 17.6 Å².